The lowest BCUT2D eigenvalue weighted by Crippen LogP contribution is -2.41. The normalized spacial score (nSPS) is 14.8. The molecule has 2 aromatic rings. The number of anilines is 1. The first-order valence-electron chi connectivity index (χ1n) is 9.11. The van der Waals surface area contributed by atoms with E-state index in [0.29, 0.717) is 44.3 Å². The van der Waals surface area contributed by atoms with Gasteiger partial charge in [-0.25, -0.2) is 8.78 Å². The van der Waals surface area contributed by atoms with E-state index in [1.165, 1.54) is 4.90 Å². The van der Waals surface area contributed by atoms with E-state index in [1.807, 2.05) is 24.3 Å². The summed E-state index contributed by atoms with van der Waals surface area (Å²) >= 11 is 0. The number of nitrogens with zero attached hydrogens (tertiary/aromatic N) is 1. The molecule has 28 heavy (non-hydrogen) atoms. The average Bonchev–Trinajstić information content (AvgIpc) is 2.68. The molecular formula is C21H22F2N2O3. The van der Waals surface area contributed by atoms with Gasteiger partial charge in [-0.1, -0.05) is 12.1 Å². The van der Waals surface area contributed by atoms with E-state index < -0.39 is 17.5 Å². The summed E-state index contributed by atoms with van der Waals surface area (Å²) in [5.41, 5.74) is 1.51. The SMILES string of the molecule is COCc1cccc(NC(=O)C2CCN(C(=O)c3ccc(F)cc3F)CC2)c1. The van der Waals surface area contributed by atoms with Gasteiger partial charge >= 0.3 is 0 Å². The first kappa shape index (κ1) is 19.9. The summed E-state index contributed by atoms with van der Waals surface area (Å²) < 4.78 is 31.9. The molecule has 0 unspecified atom stereocenters. The largest absolute Gasteiger partial charge is 0.380 e. The summed E-state index contributed by atoms with van der Waals surface area (Å²) in [6.07, 6.45) is 0.969. The summed E-state index contributed by atoms with van der Waals surface area (Å²) in [6, 6.07) is 10.4. The summed E-state index contributed by atoms with van der Waals surface area (Å²) in [4.78, 5) is 26.5. The van der Waals surface area contributed by atoms with Crippen LogP contribution in [-0.2, 0) is 16.1 Å². The van der Waals surface area contributed by atoms with Gasteiger partial charge in [0.05, 0.1) is 12.2 Å². The van der Waals surface area contributed by atoms with E-state index in [9.17, 15) is 18.4 Å². The van der Waals surface area contributed by atoms with Gasteiger partial charge < -0.3 is 15.0 Å². The quantitative estimate of drug-likeness (QED) is 0.852. The molecule has 7 heteroatoms. The fourth-order valence-electron chi connectivity index (χ4n) is 3.33. The van der Waals surface area contributed by atoms with Gasteiger partial charge in [0.1, 0.15) is 11.6 Å². The minimum absolute atomic E-state index is 0.102. The van der Waals surface area contributed by atoms with Crippen LogP contribution in [-0.4, -0.2) is 36.9 Å². The third-order valence-corrected chi connectivity index (χ3v) is 4.82. The molecule has 3 rings (SSSR count). The Bertz CT molecular complexity index is 864. The second-order valence-electron chi connectivity index (χ2n) is 6.81. The van der Waals surface area contributed by atoms with Crippen molar-refractivity contribution in [2.75, 3.05) is 25.5 Å². The molecule has 0 aliphatic carbocycles. The Labute approximate surface area is 162 Å². The summed E-state index contributed by atoms with van der Waals surface area (Å²) in [6.45, 7) is 1.15. The van der Waals surface area contributed by atoms with E-state index in [0.717, 1.165) is 17.7 Å². The summed E-state index contributed by atoms with van der Waals surface area (Å²) in [5, 5.41) is 2.90. The Hall–Kier alpha value is -2.80. The lowest BCUT2D eigenvalue weighted by molar-refractivity contribution is -0.121. The van der Waals surface area contributed by atoms with Crippen LogP contribution in [0.15, 0.2) is 42.5 Å². The van der Waals surface area contributed by atoms with E-state index >= 15 is 0 Å². The molecule has 0 atom stereocenters. The number of methoxy groups -OCH3 is 1. The van der Waals surface area contributed by atoms with Gasteiger partial charge in [-0.15, -0.1) is 0 Å². The number of hydrogen-bond acceptors (Lipinski definition) is 3. The molecule has 1 heterocycles. The Morgan fingerprint density at radius 3 is 2.57 bits per heavy atom. The van der Waals surface area contributed by atoms with Gasteiger partial charge in [0.2, 0.25) is 5.91 Å². The fourth-order valence-corrected chi connectivity index (χ4v) is 3.33. The Balaban J connectivity index is 1.56. The van der Waals surface area contributed by atoms with Crippen LogP contribution in [0.25, 0.3) is 0 Å². The smallest absolute Gasteiger partial charge is 0.256 e. The highest BCUT2D eigenvalue weighted by Gasteiger charge is 2.29. The average molecular weight is 388 g/mol. The molecule has 0 spiro atoms. The van der Waals surface area contributed by atoms with E-state index in [2.05, 4.69) is 5.32 Å². The summed E-state index contributed by atoms with van der Waals surface area (Å²) in [5.74, 6) is -2.41. The van der Waals surface area contributed by atoms with Crippen molar-refractivity contribution in [3.05, 3.63) is 65.2 Å². The van der Waals surface area contributed by atoms with Crippen LogP contribution in [0.1, 0.15) is 28.8 Å². The number of rotatable bonds is 5. The number of halogens is 2. The molecule has 148 valence electrons. The molecular weight excluding hydrogens is 366 g/mol. The monoisotopic (exact) mass is 388 g/mol. The van der Waals surface area contributed by atoms with Crippen molar-refractivity contribution in [3.63, 3.8) is 0 Å². The molecule has 1 saturated heterocycles. The number of piperidine rings is 1. The standard InChI is InChI=1S/C21H22F2N2O3/c1-28-13-14-3-2-4-17(11-14)24-20(26)15-7-9-25(10-8-15)21(27)18-6-5-16(22)12-19(18)23/h2-6,11-12,15H,7-10,13H2,1H3,(H,24,26). The zero-order valence-electron chi connectivity index (χ0n) is 15.6. The molecule has 2 amide bonds. The number of benzene rings is 2. The van der Waals surface area contributed by atoms with Crippen molar-refractivity contribution in [2.45, 2.75) is 19.4 Å². The molecule has 5 nitrogen and oxygen atoms in total. The van der Waals surface area contributed by atoms with Gasteiger partial charge in [0.25, 0.3) is 5.91 Å². The maximum absolute atomic E-state index is 13.8. The van der Waals surface area contributed by atoms with Crippen LogP contribution >= 0.6 is 0 Å². The van der Waals surface area contributed by atoms with Crippen molar-refractivity contribution in [1.29, 1.82) is 0 Å². The number of nitrogens with one attached hydrogen (secondary N) is 1. The number of amides is 2. The third-order valence-electron chi connectivity index (χ3n) is 4.82. The lowest BCUT2D eigenvalue weighted by Gasteiger charge is -2.31. The molecule has 1 N–H and O–H groups in total. The van der Waals surface area contributed by atoms with Crippen LogP contribution in [0.3, 0.4) is 0 Å². The molecule has 2 aromatic carbocycles. The van der Waals surface area contributed by atoms with Gasteiger partial charge in [-0.2, -0.15) is 0 Å². The van der Waals surface area contributed by atoms with E-state index in [4.69, 9.17) is 4.74 Å². The second-order valence-corrected chi connectivity index (χ2v) is 6.81. The first-order chi connectivity index (χ1) is 13.5. The minimum Gasteiger partial charge on any atom is -0.380 e. The van der Waals surface area contributed by atoms with Crippen molar-refractivity contribution in [3.8, 4) is 0 Å². The van der Waals surface area contributed by atoms with Crippen molar-refractivity contribution < 1.29 is 23.1 Å². The van der Waals surface area contributed by atoms with Crippen molar-refractivity contribution in [2.24, 2.45) is 5.92 Å². The van der Waals surface area contributed by atoms with Crippen LogP contribution in [0.4, 0.5) is 14.5 Å². The van der Waals surface area contributed by atoms with Crippen LogP contribution < -0.4 is 5.32 Å². The highest BCUT2D eigenvalue weighted by atomic mass is 19.1. The highest BCUT2D eigenvalue weighted by molar-refractivity contribution is 5.95. The highest BCUT2D eigenvalue weighted by Crippen LogP contribution is 2.22. The Kier molecular flexibility index (Phi) is 6.36. The third kappa shape index (κ3) is 4.72. The zero-order valence-corrected chi connectivity index (χ0v) is 15.6. The maximum atomic E-state index is 13.8. The van der Waals surface area contributed by atoms with E-state index in [-0.39, 0.29) is 17.4 Å². The van der Waals surface area contributed by atoms with Gasteiger partial charge in [-0.3, -0.25) is 9.59 Å². The van der Waals surface area contributed by atoms with Crippen molar-refractivity contribution in [1.82, 2.24) is 4.90 Å². The van der Waals surface area contributed by atoms with Gasteiger partial charge in [-0.05, 0) is 42.7 Å². The predicted molar refractivity (Wildman–Crippen MR) is 101 cm³/mol. The molecule has 0 aromatic heterocycles. The van der Waals surface area contributed by atoms with Crippen LogP contribution in [0, 0.1) is 17.6 Å². The fraction of sp³-hybridized carbons (Fsp3) is 0.333. The maximum Gasteiger partial charge on any atom is 0.256 e. The predicted octanol–water partition coefficient (Wildman–Crippen LogP) is 3.60. The van der Waals surface area contributed by atoms with Crippen molar-refractivity contribution >= 4 is 17.5 Å². The Morgan fingerprint density at radius 2 is 1.89 bits per heavy atom. The Morgan fingerprint density at radius 1 is 1.14 bits per heavy atom. The summed E-state index contributed by atoms with van der Waals surface area (Å²) in [7, 11) is 1.61. The number of carbonyl (C=O) groups is 2. The minimum atomic E-state index is -0.874. The molecule has 1 aliphatic rings. The zero-order chi connectivity index (χ0) is 20.1. The number of likely N-dealkylation sites (tertiary alicyclic amines) is 1. The van der Waals surface area contributed by atoms with Crippen LogP contribution in [0.2, 0.25) is 0 Å². The number of carbonyl (C=O) groups excluding carboxylic acids is 2. The second kappa shape index (κ2) is 8.93. The first-order valence-corrected chi connectivity index (χ1v) is 9.11. The molecule has 0 bridgehead atoms. The van der Waals surface area contributed by atoms with Crippen LogP contribution in [0.5, 0.6) is 0 Å². The molecule has 1 aliphatic heterocycles. The lowest BCUT2D eigenvalue weighted by atomic mass is 9.95. The van der Waals surface area contributed by atoms with Gasteiger partial charge in [0.15, 0.2) is 0 Å². The van der Waals surface area contributed by atoms with Gasteiger partial charge in [0, 0.05) is 37.9 Å². The topological polar surface area (TPSA) is 58.6 Å². The molecule has 0 radical (unpaired) electrons. The number of hydrogen-bond donors (Lipinski definition) is 1. The molecule has 0 saturated carbocycles. The molecule has 1 fully saturated rings. The number of ether oxygens (including phenoxy) is 1. The van der Waals surface area contributed by atoms with E-state index in [1.54, 1.807) is 7.11 Å².